The van der Waals surface area contributed by atoms with E-state index >= 15 is 0 Å². The maximum absolute atomic E-state index is 10.6. The normalized spacial score (nSPS) is 10.1. The standard InChI is InChI=1S/C12H17BrN2O/c1-10(16)15-8-2-7-14-9-11-3-5-12(13)6-4-11/h3-6,14H,2,7-9H2,1H3,(H,15,16). The summed E-state index contributed by atoms with van der Waals surface area (Å²) >= 11 is 3.40. The SMILES string of the molecule is CC(=O)NCCCNCc1ccc(Br)cc1. The molecular weight excluding hydrogens is 268 g/mol. The van der Waals surface area contributed by atoms with Gasteiger partial charge in [0.1, 0.15) is 0 Å². The van der Waals surface area contributed by atoms with Gasteiger partial charge in [-0.1, -0.05) is 28.1 Å². The number of rotatable bonds is 6. The number of amides is 1. The minimum absolute atomic E-state index is 0.0351. The van der Waals surface area contributed by atoms with Crippen LogP contribution in [0.5, 0.6) is 0 Å². The van der Waals surface area contributed by atoms with Crippen molar-refractivity contribution in [3.8, 4) is 0 Å². The van der Waals surface area contributed by atoms with Gasteiger partial charge < -0.3 is 10.6 Å². The first kappa shape index (κ1) is 13.2. The zero-order valence-corrected chi connectivity index (χ0v) is 11.0. The van der Waals surface area contributed by atoms with Crippen LogP contribution < -0.4 is 10.6 Å². The van der Waals surface area contributed by atoms with Gasteiger partial charge in [0.2, 0.25) is 5.91 Å². The number of benzene rings is 1. The van der Waals surface area contributed by atoms with Crippen molar-refractivity contribution in [2.75, 3.05) is 13.1 Å². The Morgan fingerprint density at radius 1 is 1.25 bits per heavy atom. The van der Waals surface area contributed by atoms with Crippen LogP contribution in [0.1, 0.15) is 18.9 Å². The monoisotopic (exact) mass is 284 g/mol. The Kier molecular flexibility index (Phi) is 6.11. The van der Waals surface area contributed by atoms with Crippen molar-refractivity contribution < 1.29 is 4.79 Å². The summed E-state index contributed by atoms with van der Waals surface area (Å²) in [6.45, 7) is 4.06. The Morgan fingerprint density at radius 3 is 2.56 bits per heavy atom. The van der Waals surface area contributed by atoms with Gasteiger partial charge in [0.15, 0.2) is 0 Å². The summed E-state index contributed by atoms with van der Waals surface area (Å²) in [6.07, 6.45) is 0.954. The zero-order chi connectivity index (χ0) is 11.8. The Morgan fingerprint density at radius 2 is 1.94 bits per heavy atom. The van der Waals surface area contributed by atoms with E-state index in [0.29, 0.717) is 0 Å². The molecule has 0 aromatic heterocycles. The number of hydrogen-bond acceptors (Lipinski definition) is 2. The van der Waals surface area contributed by atoms with Crippen molar-refractivity contribution in [3.05, 3.63) is 34.3 Å². The fourth-order valence-electron chi connectivity index (χ4n) is 1.31. The molecule has 3 nitrogen and oxygen atoms in total. The van der Waals surface area contributed by atoms with Gasteiger partial charge in [-0.3, -0.25) is 4.79 Å². The third-order valence-electron chi connectivity index (χ3n) is 2.15. The molecule has 0 aliphatic carbocycles. The van der Waals surface area contributed by atoms with Gasteiger partial charge in [-0.25, -0.2) is 0 Å². The third-order valence-corrected chi connectivity index (χ3v) is 2.68. The minimum atomic E-state index is 0.0351. The molecule has 0 saturated carbocycles. The molecule has 4 heteroatoms. The van der Waals surface area contributed by atoms with E-state index in [9.17, 15) is 4.79 Å². The number of halogens is 1. The maximum atomic E-state index is 10.6. The van der Waals surface area contributed by atoms with Crippen molar-refractivity contribution in [2.24, 2.45) is 0 Å². The lowest BCUT2D eigenvalue weighted by atomic mass is 10.2. The molecule has 0 heterocycles. The van der Waals surface area contributed by atoms with E-state index in [1.807, 2.05) is 12.1 Å². The highest BCUT2D eigenvalue weighted by Gasteiger charge is 1.93. The molecule has 0 bridgehead atoms. The summed E-state index contributed by atoms with van der Waals surface area (Å²) in [5.74, 6) is 0.0351. The van der Waals surface area contributed by atoms with Gasteiger partial charge >= 0.3 is 0 Å². The average molecular weight is 285 g/mol. The summed E-state index contributed by atoms with van der Waals surface area (Å²) in [4.78, 5) is 10.6. The molecule has 0 saturated heterocycles. The lowest BCUT2D eigenvalue weighted by Gasteiger charge is -2.05. The zero-order valence-electron chi connectivity index (χ0n) is 9.42. The summed E-state index contributed by atoms with van der Waals surface area (Å²) in [5.41, 5.74) is 1.27. The van der Waals surface area contributed by atoms with Crippen LogP contribution in [-0.4, -0.2) is 19.0 Å². The van der Waals surface area contributed by atoms with E-state index in [4.69, 9.17) is 0 Å². The van der Waals surface area contributed by atoms with Crippen LogP contribution in [0.3, 0.4) is 0 Å². The van der Waals surface area contributed by atoms with Crippen LogP contribution in [0.4, 0.5) is 0 Å². The number of nitrogens with one attached hydrogen (secondary N) is 2. The molecule has 0 atom stereocenters. The van der Waals surface area contributed by atoms with Gasteiger partial charge in [-0.15, -0.1) is 0 Å². The molecule has 88 valence electrons. The first-order valence-electron chi connectivity index (χ1n) is 5.38. The molecule has 1 aromatic rings. The second kappa shape index (κ2) is 7.41. The molecule has 1 amide bonds. The van der Waals surface area contributed by atoms with Gasteiger partial charge in [-0.2, -0.15) is 0 Å². The van der Waals surface area contributed by atoms with Crippen LogP contribution >= 0.6 is 15.9 Å². The lowest BCUT2D eigenvalue weighted by Crippen LogP contribution is -2.24. The van der Waals surface area contributed by atoms with E-state index in [-0.39, 0.29) is 5.91 Å². The quantitative estimate of drug-likeness (QED) is 0.786. The first-order chi connectivity index (χ1) is 7.68. The van der Waals surface area contributed by atoms with Crippen molar-refractivity contribution in [1.29, 1.82) is 0 Å². The minimum Gasteiger partial charge on any atom is -0.356 e. The molecule has 0 unspecified atom stereocenters. The Balaban J connectivity index is 2.07. The van der Waals surface area contributed by atoms with E-state index < -0.39 is 0 Å². The molecule has 0 radical (unpaired) electrons. The maximum Gasteiger partial charge on any atom is 0.216 e. The second-order valence-corrected chi connectivity index (χ2v) is 4.56. The first-order valence-corrected chi connectivity index (χ1v) is 6.17. The van der Waals surface area contributed by atoms with Gasteiger partial charge in [0.25, 0.3) is 0 Å². The van der Waals surface area contributed by atoms with Crippen LogP contribution in [0, 0.1) is 0 Å². The summed E-state index contributed by atoms with van der Waals surface area (Å²) in [5, 5.41) is 6.09. The topological polar surface area (TPSA) is 41.1 Å². The van der Waals surface area contributed by atoms with Crippen LogP contribution in [-0.2, 0) is 11.3 Å². The fraction of sp³-hybridized carbons (Fsp3) is 0.417. The van der Waals surface area contributed by atoms with E-state index in [0.717, 1.165) is 30.5 Å². The van der Waals surface area contributed by atoms with Gasteiger partial charge in [0, 0.05) is 24.5 Å². The highest BCUT2D eigenvalue weighted by Crippen LogP contribution is 2.09. The molecule has 0 spiro atoms. The molecule has 1 aromatic carbocycles. The predicted molar refractivity (Wildman–Crippen MR) is 69.1 cm³/mol. The van der Waals surface area contributed by atoms with Crippen molar-refractivity contribution >= 4 is 21.8 Å². The summed E-state index contributed by atoms with van der Waals surface area (Å²) < 4.78 is 1.10. The van der Waals surface area contributed by atoms with E-state index in [1.165, 1.54) is 12.5 Å². The van der Waals surface area contributed by atoms with Gasteiger partial charge in [0.05, 0.1) is 0 Å². The number of carbonyl (C=O) groups is 1. The Labute approximate surface area is 105 Å². The van der Waals surface area contributed by atoms with Gasteiger partial charge in [-0.05, 0) is 30.7 Å². The molecule has 2 N–H and O–H groups in total. The number of carbonyl (C=O) groups excluding carboxylic acids is 1. The van der Waals surface area contributed by atoms with Crippen molar-refractivity contribution in [2.45, 2.75) is 19.9 Å². The fourth-order valence-corrected chi connectivity index (χ4v) is 1.58. The summed E-state index contributed by atoms with van der Waals surface area (Å²) in [6, 6.07) is 8.25. The highest BCUT2D eigenvalue weighted by molar-refractivity contribution is 9.10. The average Bonchev–Trinajstić information content (AvgIpc) is 2.25. The highest BCUT2D eigenvalue weighted by atomic mass is 79.9. The molecule has 0 aliphatic rings. The molecule has 16 heavy (non-hydrogen) atoms. The van der Waals surface area contributed by atoms with E-state index in [2.05, 4.69) is 38.7 Å². The molecular formula is C12H17BrN2O. The van der Waals surface area contributed by atoms with Crippen molar-refractivity contribution in [1.82, 2.24) is 10.6 Å². The van der Waals surface area contributed by atoms with Crippen molar-refractivity contribution in [3.63, 3.8) is 0 Å². The second-order valence-electron chi connectivity index (χ2n) is 3.64. The van der Waals surface area contributed by atoms with Crippen LogP contribution in [0.25, 0.3) is 0 Å². The Bertz CT molecular complexity index is 324. The van der Waals surface area contributed by atoms with E-state index in [1.54, 1.807) is 0 Å². The third kappa shape index (κ3) is 5.88. The molecule has 0 aliphatic heterocycles. The largest absolute Gasteiger partial charge is 0.356 e. The molecule has 1 rings (SSSR count). The predicted octanol–water partition coefficient (Wildman–Crippen LogP) is 2.06. The smallest absolute Gasteiger partial charge is 0.216 e. The number of hydrogen-bond donors (Lipinski definition) is 2. The van der Waals surface area contributed by atoms with Crippen LogP contribution in [0.15, 0.2) is 28.7 Å². The Hall–Kier alpha value is -0.870. The lowest BCUT2D eigenvalue weighted by molar-refractivity contribution is -0.118. The van der Waals surface area contributed by atoms with Crippen LogP contribution in [0.2, 0.25) is 0 Å². The summed E-state index contributed by atoms with van der Waals surface area (Å²) in [7, 11) is 0. The molecule has 0 fully saturated rings.